The third-order valence-corrected chi connectivity index (χ3v) is 4.58. The minimum atomic E-state index is -2.38. The van der Waals surface area contributed by atoms with Gasteiger partial charge in [0.15, 0.2) is 0 Å². The molecule has 3 nitrogen and oxygen atoms in total. The molecule has 0 unspecified atom stereocenters. The van der Waals surface area contributed by atoms with Crippen molar-refractivity contribution in [2.45, 2.75) is 56.9 Å². The van der Waals surface area contributed by atoms with Gasteiger partial charge in [-0.25, -0.2) is 8.78 Å². The van der Waals surface area contributed by atoms with Gasteiger partial charge in [-0.3, -0.25) is 4.90 Å². The smallest absolute Gasteiger partial charge is 0.250 e. The monoisotopic (exact) mass is 289 g/mol. The van der Waals surface area contributed by atoms with Crippen molar-refractivity contribution in [3.63, 3.8) is 0 Å². The number of nitrogens with one attached hydrogen (secondary N) is 2. The van der Waals surface area contributed by atoms with Crippen molar-refractivity contribution in [2.75, 3.05) is 39.3 Å². The lowest BCUT2D eigenvalue weighted by Gasteiger charge is -2.36. The molecular formula is C15H29F2N3. The van der Waals surface area contributed by atoms with E-state index in [-0.39, 0.29) is 12.8 Å². The number of alkyl halides is 2. The van der Waals surface area contributed by atoms with E-state index in [9.17, 15) is 8.78 Å². The van der Waals surface area contributed by atoms with Crippen molar-refractivity contribution in [2.24, 2.45) is 0 Å². The number of nitrogens with zero attached hydrogens (tertiary/aromatic N) is 1. The molecular weight excluding hydrogens is 260 g/mol. The van der Waals surface area contributed by atoms with Gasteiger partial charge >= 0.3 is 0 Å². The highest BCUT2D eigenvalue weighted by Gasteiger charge is 2.30. The molecule has 20 heavy (non-hydrogen) atoms. The Labute approximate surface area is 121 Å². The highest BCUT2D eigenvalue weighted by atomic mass is 19.3. The summed E-state index contributed by atoms with van der Waals surface area (Å²) in [5.41, 5.74) is 0. The fraction of sp³-hybridized carbons (Fsp3) is 1.00. The number of piperidine rings is 1. The van der Waals surface area contributed by atoms with E-state index in [4.69, 9.17) is 0 Å². The fourth-order valence-electron chi connectivity index (χ4n) is 3.29. The zero-order valence-corrected chi connectivity index (χ0v) is 12.5. The Balaban J connectivity index is 0.000000160. The Morgan fingerprint density at radius 2 is 1.35 bits per heavy atom. The van der Waals surface area contributed by atoms with Crippen LogP contribution in [0.4, 0.5) is 8.78 Å². The van der Waals surface area contributed by atoms with Crippen LogP contribution < -0.4 is 10.6 Å². The van der Waals surface area contributed by atoms with Crippen LogP contribution in [-0.2, 0) is 0 Å². The Morgan fingerprint density at radius 1 is 0.800 bits per heavy atom. The average molecular weight is 289 g/mol. The van der Waals surface area contributed by atoms with E-state index in [1.807, 2.05) is 0 Å². The van der Waals surface area contributed by atoms with Crippen LogP contribution in [0.1, 0.15) is 44.9 Å². The second-order valence-electron chi connectivity index (χ2n) is 6.18. The second kappa shape index (κ2) is 8.25. The number of rotatable bonds is 1. The van der Waals surface area contributed by atoms with Gasteiger partial charge in [0, 0.05) is 58.2 Å². The molecule has 2 aliphatic heterocycles. The molecule has 1 saturated carbocycles. The molecule has 0 aromatic carbocycles. The van der Waals surface area contributed by atoms with Gasteiger partial charge in [-0.05, 0) is 12.8 Å². The largest absolute Gasteiger partial charge is 0.316 e. The predicted octanol–water partition coefficient (Wildman–Crippen LogP) is 2.23. The van der Waals surface area contributed by atoms with Gasteiger partial charge in [0.05, 0.1) is 0 Å². The first-order chi connectivity index (χ1) is 9.67. The van der Waals surface area contributed by atoms with Crippen LogP contribution in [0.15, 0.2) is 0 Å². The quantitative estimate of drug-likeness (QED) is 0.775. The van der Waals surface area contributed by atoms with Gasteiger partial charge in [-0.2, -0.15) is 0 Å². The van der Waals surface area contributed by atoms with Crippen LogP contribution in [0.2, 0.25) is 0 Å². The Bertz CT molecular complexity index is 238. The molecule has 0 aromatic heterocycles. The molecule has 1 aliphatic carbocycles. The van der Waals surface area contributed by atoms with Crippen molar-refractivity contribution < 1.29 is 8.78 Å². The number of hydrogen-bond donors (Lipinski definition) is 2. The van der Waals surface area contributed by atoms with Gasteiger partial charge in [0.25, 0.3) is 5.92 Å². The van der Waals surface area contributed by atoms with Gasteiger partial charge in [0.1, 0.15) is 0 Å². The SMILES string of the molecule is C1CCC(N2CCNCC2)CC1.FC1(F)CCNCC1. The second-order valence-corrected chi connectivity index (χ2v) is 6.18. The Hall–Kier alpha value is -0.260. The summed E-state index contributed by atoms with van der Waals surface area (Å²) in [5.74, 6) is -2.38. The molecule has 2 heterocycles. The summed E-state index contributed by atoms with van der Waals surface area (Å²) in [6.45, 7) is 5.91. The number of halogens is 2. The molecule has 3 fully saturated rings. The normalized spacial score (nSPS) is 28.5. The van der Waals surface area contributed by atoms with E-state index in [2.05, 4.69) is 15.5 Å². The molecule has 0 aromatic rings. The Morgan fingerprint density at radius 3 is 1.85 bits per heavy atom. The van der Waals surface area contributed by atoms with Crippen LogP contribution >= 0.6 is 0 Å². The van der Waals surface area contributed by atoms with Gasteiger partial charge in [0.2, 0.25) is 0 Å². The maximum absolute atomic E-state index is 12.2. The number of piperazine rings is 1. The summed E-state index contributed by atoms with van der Waals surface area (Å²) in [5, 5.41) is 6.27. The third-order valence-electron chi connectivity index (χ3n) is 4.58. The lowest BCUT2D eigenvalue weighted by molar-refractivity contribution is -0.0274. The van der Waals surface area contributed by atoms with E-state index in [1.54, 1.807) is 0 Å². The van der Waals surface area contributed by atoms with E-state index in [0.717, 1.165) is 6.04 Å². The molecule has 0 amide bonds. The first-order valence-electron chi connectivity index (χ1n) is 8.21. The Kier molecular flexibility index (Phi) is 6.65. The third kappa shape index (κ3) is 5.62. The first-order valence-corrected chi connectivity index (χ1v) is 8.21. The molecule has 118 valence electrons. The summed E-state index contributed by atoms with van der Waals surface area (Å²) in [4.78, 5) is 2.69. The van der Waals surface area contributed by atoms with Crippen molar-refractivity contribution >= 4 is 0 Å². The highest BCUT2D eigenvalue weighted by Crippen LogP contribution is 2.23. The van der Waals surface area contributed by atoms with Crippen molar-refractivity contribution in [1.82, 2.24) is 15.5 Å². The predicted molar refractivity (Wildman–Crippen MR) is 78.4 cm³/mol. The van der Waals surface area contributed by atoms with Crippen LogP contribution in [0.5, 0.6) is 0 Å². The molecule has 0 atom stereocenters. The molecule has 2 N–H and O–H groups in total. The maximum Gasteiger partial charge on any atom is 0.250 e. The van der Waals surface area contributed by atoms with Crippen LogP contribution in [0, 0.1) is 0 Å². The molecule has 3 aliphatic rings. The molecule has 0 bridgehead atoms. The summed E-state index contributed by atoms with van der Waals surface area (Å²) in [6, 6.07) is 0.931. The minimum absolute atomic E-state index is 0.00694. The zero-order valence-electron chi connectivity index (χ0n) is 12.5. The van der Waals surface area contributed by atoms with Gasteiger partial charge in [-0.1, -0.05) is 19.3 Å². The minimum Gasteiger partial charge on any atom is -0.316 e. The summed E-state index contributed by atoms with van der Waals surface area (Å²) in [7, 11) is 0. The molecule has 2 saturated heterocycles. The van der Waals surface area contributed by atoms with Crippen molar-refractivity contribution in [3.8, 4) is 0 Å². The molecule has 3 rings (SSSR count). The van der Waals surface area contributed by atoms with Gasteiger partial charge in [-0.15, -0.1) is 0 Å². The summed E-state index contributed by atoms with van der Waals surface area (Å²) < 4.78 is 24.3. The van der Waals surface area contributed by atoms with E-state index >= 15 is 0 Å². The van der Waals surface area contributed by atoms with Gasteiger partial charge < -0.3 is 10.6 Å². The average Bonchev–Trinajstić information content (AvgIpc) is 2.49. The standard InChI is InChI=1S/C10H20N2.C5H9F2N/c1-2-4-10(5-3-1)12-8-6-11-7-9-12;6-5(7)1-3-8-4-2-5/h10-11H,1-9H2;8H,1-4H2. The van der Waals surface area contributed by atoms with E-state index in [1.165, 1.54) is 58.3 Å². The summed E-state index contributed by atoms with van der Waals surface area (Å²) in [6.07, 6.45) is 7.34. The van der Waals surface area contributed by atoms with Crippen molar-refractivity contribution in [1.29, 1.82) is 0 Å². The fourth-order valence-corrected chi connectivity index (χ4v) is 3.29. The maximum atomic E-state index is 12.2. The molecule has 0 spiro atoms. The first kappa shape index (κ1) is 16.1. The molecule has 5 heteroatoms. The summed E-state index contributed by atoms with van der Waals surface area (Å²) >= 11 is 0. The highest BCUT2D eigenvalue weighted by molar-refractivity contribution is 4.79. The van der Waals surface area contributed by atoms with E-state index < -0.39 is 5.92 Å². The lowest BCUT2D eigenvalue weighted by Crippen LogP contribution is -2.48. The van der Waals surface area contributed by atoms with E-state index in [0.29, 0.717) is 13.1 Å². The van der Waals surface area contributed by atoms with Crippen molar-refractivity contribution in [3.05, 3.63) is 0 Å². The lowest BCUT2D eigenvalue weighted by atomic mass is 9.94. The molecule has 0 radical (unpaired) electrons. The van der Waals surface area contributed by atoms with Crippen LogP contribution in [0.25, 0.3) is 0 Å². The topological polar surface area (TPSA) is 27.3 Å². The zero-order chi connectivity index (χ0) is 14.3. The van der Waals surface area contributed by atoms with Crippen LogP contribution in [-0.4, -0.2) is 56.1 Å². The number of hydrogen-bond acceptors (Lipinski definition) is 3. The van der Waals surface area contributed by atoms with Crippen LogP contribution in [0.3, 0.4) is 0 Å².